The van der Waals surface area contributed by atoms with Crippen LogP contribution in [0.3, 0.4) is 0 Å². The number of aromatic nitrogens is 2. The highest BCUT2D eigenvalue weighted by atomic mass is 32.2. The summed E-state index contributed by atoms with van der Waals surface area (Å²) in [5, 5.41) is 8.78. The number of carbonyl (C=O) groups is 1. The van der Waals surface area contributed by atoms with Crippen molar-refractivity contribution in [3.63, 3.8) is 0 Å². The van der Waals surface area contributed by atoms with Gasteiger partial charge in [-0.05, 0) is 18.6 Å². The first-order valence-electron chi connectivity index (χ1n) is 4.98. The van der Waals surface area contributed by atoms with Crippen molar-refractivity contribution in [2.24, 2.45) is 0 Å². The van der Waals surface area contributed by atoms with Gasteiger partial charge in [0.1, 0.15) is 0 Å². The first-order chi connectivity index (χ1) is 7.12. The van der Waals surface area contributed by atoms with Crippen molar-refractivity contribution in [2.45, 2.75) is 25.2 Å². The lowest BCUT2D eigenvalue weighted by Gasteiger charge is -2.31. The Bertz CT molecular complexity index is 369. The van der Waals surface area contributed by atoms with Crippen LogP contribution in [0.5, 0.6) is 0 Å². The standard InChI is InChI=1S/C10H14N2O2S/c1-10(3-2-4-15-6-10)7-5-11-8(12-7)9(13)14/h5H,2-4,6H2,1H3,(H,11,12)(H,13,14). The largest absolute Gasteiger partial charge is 0.475 e. The van der Waals surface area contributed by atoms with Crippen LogP contribution in [-0.4, -0.2) is 32.5 Å². The molecule has 2 N–H and O–H groups in total. The van der Waals surface area contributed by atoms with E-state index in [1.54, 1.807) is 6.20 Å². The molecule has 0 aliphatic carbocycles. The van der Waals surface area contributed by atoms with Gasteiger partial charge in [0, 0.05) is 23.1 Å². The van der Waals surface area contributed by atoms with Crippen LogP contribution in [0.1, 0.15) is 36.1 Å². The molecule has 0 saturated carbocycles. The smallest absolute Gasteiger partial charge is 0.371 e. The van der Waals surface area contributed by atoms with Gasteiger partial charge < -0.3 is 10.1 Å². The number of H-pyrrole nitrogens is 1. The molecule has 15 heavy (non-hydrogen) atoms. The van der Waals surface area contributed by atoms with E-state index in [1.165, 1.54) is 12.2 Å². The van der Waals surface area contributed by atoms with E-state index < -0.39 is 5.97 Å². The van der Waals surface area contributed by atoms with Gasteiger partial charge in [0.15, 0.2) is 0 Å². The fraction of sp³-hybridized carbons (Fsp3) is 0.600. The van der Waals surface area contributed by atoms with Gasteiger partial charge in [0.2, 0.25) is 5.82 Å². The maximum atomic E-state index is 10.7. The molecule has 1 aliphatic rings. The second-order valence-electron chi connectivity index (χ2n) is 4.17. The molecule has 0 spiro atoms. The lowest BCUT2D eigenvalue weighted by Crippen LogP contribution is -2.29. The van der Waals surface area contributed by atoms with E-state index in [2.05, 4.69) is 16.9 Å². The lowest BCUT2D eigenvalue weighted by atomic mass is 9.84. The topological polar surface area (TPSA) is 66.0 Å². The summed E-state index contributed by atoms with van der Waals surface area (Å²) in [5.74, 6) is 1.29. The number of imidazole rings is 1. The number of thioether (sulfide) groups is 1. The summed E-state index contributed by atoms with van der Waals surface area (Å²) in [7, 11) is 0. The summed E-state index contributed by atoms with van der Waals surface area (Å²) in [5.41, 5.74) is 1.01. The van der Waals surface area contributed by atoms with Gasteiger partial charge in [-0.15, -0.1) is 0 Å². The van der Waals surface area contributed by atoms with E-state index in [1.807, 2.05) is 11.8 Å². The van der Waals surface area contributed by atoms with Gasteiger partial charge in [0.25, 0.3) is 0 Å². The normalized spacial score (nSPS) is 26.5. The molecule has 1 unspecified atom stereocenters. The lowest BCUT2D eigenvalue weighted by molar-refractivity contribution is 0.0684. The molecule has 0 radical (unpaired) electrons. The highest BCUT2D eigenvalue weighted by Crippen LogP contribution is 2.36. The van der Waals surface area contributed by atoms with Crippen molar-refractivity contribution >= 4 is 17.7 Å². The molecule has 1 aromatic rings. The Balaban J connectivity index is 2.23. The van der Waals surface area contributed by atoms with Crippen molar-refractivity contribution in [1.82, 2.24) is 9.97 Å². The molecule has 1 atom stereocenters. The van der Waals surface area contributed by atoms with Gasteiger partial charge >= 0.3 is 5.97 Å². The Morgan fingerprint density at radius 1 is 1.73 bits per heavy atom. The molecule has 2 heterocycles. The third kappa shape index (κ3) is 2.02. The summed E-state index contributed by atoms with van der Waals surface area (Å²) in [6, 6.07) is 0. The maximum absolute atomic E-state index is 10.7. The number of aromatic amines is 1. The zero-order valence-electron chi connectivity index (χ0n) is 8.62. The predicted molar refractivity (Wildman–Crippen MR) is 59.5 cm³/mol. The van der Waals surface area contributed by atoms with Crippen LogP contribution in [-0.2, 0) is 5.41 Å². The number of nitrogens with one attached hydrogen (secondary N) is 1. The molecule has 0 bridgehead atoms. The van der Waals surface area contributed by atoms with E-state index in [9.17, 15) is 4.79 Å². The van der Waals surface area contributed by atoms with Gasteiger partial charge in [-0.25, -0.2) is 9.78 Å². The highest BCUT2D eigenvalue weighted by Gasteiger charge is 2.31. The summed E-state index contributed by atoms with van der Waals surface area (Å²) >= 11 is 1.92. The Hall–Kier alpha value is -0.970. The maximum Gasteiger partial charge on any atom is 0.371 e. The van der Waals surface area contributed by atoms with Gasteiger partial charge in [0.05, 0.1) is 0 Å². The summed E-state index contributed by atoms with van der Waals surface area (Å²) in [4.78, 5) is 17.5. The first-order valence-corrected chi connectivity index (χ1v) is 6.14. The predicted octanol–water partition coefficient (Wildman–Crippen LogP) is 1.89. The summed E-state index contributed by atoms with van der Waals surface area (Å²) < 4.78 is 0. The second kappa shape index (κ2) is 3.89. The van der Waals surface area contributed by atoms with E-state index in [4.69, 9.17) is 5.11 Å². The average molecular weight is 226 g/mol. The SMILES string of the molecule is CC1(c2cnc(C(=O)O)[nH]2)CCCSC1. The van der Waals surface area contributed by atoms with E-state index >= 15 is 0 Å². The molecule has 4 nitrogen and oxygen atoms in total. The number of hydrogen-bond acceptors (Lipinski definition) is 3. The summed E-state index contributed by atoms with van der Waals surface area (Å²) in [6.45, 7) is 2.16. The van der Waals surface area contributed by atoms with Crippen molar-refractivity contribution in [2.75, 3.05) is 11.5 Å². The fourth-order valence-corrected chi connectivity index (χ4v) is 3.13. The van der Waals surface area contributed by atoms with Crippen LogP contribution < -0.4 is 0 Å². The molecule has 82 valence electrons. The van der Waals surface area contributed by atoms with E-state index in [-0.39, 0.29) is 11.2 Å². The average Bonchev–Trinajstić information content (AvgIpc) is 2.68. The molecule has 1 aliphatic heterocycles. The number of aromatic carboxylic acids is 1. The minimum Gasteiger partial charge on any atom is -0.475 e. The van der Waals surface area contributed by atoms with E-state index in [0.29, 0.717) is 0 Å². The number of carboxylic acids is 1. The molecule has 1 aromatic heterocycles. The molecule has 2 rings (SSSR count). The van der Waals surface area contributed by atoms with Crippen molar-refractivity contribution in [1.29, 1.82) is 0 Å². The number of rotatable bonds is 2. The van der Waals surface area contributed by atoms with Crippen LogP contribution in [0.15, 0.2) is 6.20 Å². The van der Waals surface area contributed by atoms with Gasteiger partial charge in [-0.3, -0.25) is 0 Å². The van der Waals surface area contributed by atoms with Crippen LogP contribution in [0.4, 0.5) is 0 Å². The summed E-state index contributed by atoms with van der Waals surface area (Å²) in [6.07, 6.45) is 3.94. The molecular weight excluding hydrogens is 212 g/mol. The van der Waals surface area contributed by atoms with Crippen LogP contribution >= 0.6 is 11.8 Å². The molecule has 1 saturated heterocycles. The monoisotopic (exact) mass is 226 g/mol. The molecule has 0 aromatic carbocycles. The van der Waals surface area contributed by atoms with Gasteiger partial charge in [-0.1, -0.05) is 6.92 Å². The fourth-order valence-electron chi connectivity index (χ4n) is 1.88. The first kappa shape index (κ1) is 10.5. The third-order valence-electron chi connectivity index (χ3n) is 2.87. The number of hydrogen-bond donors (Lipinski definition) is 2. The van der Waals surface area contributed by atoms with Crippen molar-refractivity contribution in [3.05, 3.63) is 17.7 Å². The van der Waals surface area contributed by atoms with Crippen molar-refractivity contribution in [3.8, 4) is 0 Å². The second-order valence-corrected chi connectivity index (χ2v) is 5.27. The quantitative estimate of drug-likeness (QED) is 0.808. The molecule has 0 amide bonds. The molecule has 1 fully saturated rings. The van der Waals surface area contributed by atoms with Crippen LogP contribution in [0.25, 0.3) is 0 Å². The molecular formula is C10H14N2O2S. The van der Waals surface area contributed by atoms with Gasteiger partial charge in [-0.2, -0.15) is 11.8 Å². The Labute approximate surface area is 92.5 Å². The Morgan fingerprint density at radius 2 is 2.53 bits per heavy atom. The van der Waals surface area contributed by atoms with E-state index in [0.717, 1.165) is 17.9 Å². The van der Waals surface area contributed by atoms with Crippen LogP contribution in [0.2, 0.25) is 0 Å². The molecule has 5 heteroatoms. The minimum absolute atomic E-state index is 0.0433. The zero-order valence-corrected chi connectivity index (χ0v) is 9.43. The van der Waals surface area contributed by atoms with Crippen molar-refractivity contribution < 1.29 is 9.90 Å². The number of nitrogens with zero attached hydrogens (tertiary/aromatic N) is 1. The Kier molecular flexibility index (Phi) is 2.73. The zero-order chi connectivity index (χ0) is 10.9. The minimum atomic E-state index is -0.992. The third-order valence-corrected chi connectivity index (χ3v) is 4.29. The van der Waals surface area contributed by atoms with Crippen LogP contribution in [0, 0.1) is 0 Å². The Morgan fingerprint density at radius 3 is 3.07 bits per heavy atom. The number of carboxylic acid groups (broad SMARTS) is 1. The highest BCUT2D eigenvalue weighted by molar-refractivity contribution is 7.99.